The van der Waals surface area contributed by atoms with Gasteiger partial charge in [-0.15, -0.1) is 11.3 Å². The summed E-state index contributed by atoms with van der Waals surface area (Å²) in [7, 11) is 0. The van der Waals surface area contributed by atoms with Crippen LogP contribution in [0.2, 0.25) is 0 Å². The van der Waals surface area contributed by atoms with Crippen molar-refractivity contribution in [1.82, 2.24) is 14.9 Å². The van der Waals surface area contributed by atoms with Gasteiger partial charge in [0.2, 0.25) is 0 Å². The Kier molecular flexibility index (Phi) is 4.17. The van der Waals surface area contributed by atoms with Gasteiger partial charge in [0, 0.05) is 11.4 Å². The summed E-state index contributed by atoms with van der Waals surface area (Å²) in [6.45, 7) is 9.05. The number of fused-ring (bicyclic) bond motifs is 1. The predicted molar refractivity (Wildman–Crippen MR) is 85.5 cm³/mol. The number of rotatable bonds is 4. The lowest BCUT2D eigenvalue weighted by Crippen LogP contribution is -2.35. The summed E-state index contributed by atoms with van der Waals surface area (Å²) >= 11 is 1.73. The van der Waals surface area contributed by atoms with Crippen molar-refractivity contribution < 1.29 is 0 Å². The van der Waals surface area contributed by atoms with E-state index in [0.29, 0.717) is 0 Å². The molecular formula is C15H22N4S. The van der Waals surface area contributed by atoms with Crippen LogP contribution in [-0.2, 0) is 0 Å². The van der Waals surface area contributed by atoms with E-state index in [9.17, 15) is 0 Å². The average molecular weight is 290 g/mol. The molecule has 0 bridgehead atoms. The first-order valence-electron chi connectivity index (χ1n) is 7.43. The van der Waals surface area contributed by atoms with E-state index in [2.05, 4.69) is 40.1 Å². The van der Waals surface area contributed by atoms with Crippen LogP contribution in [0.15, 0.2) is 12.4 Å². The normalized spacial score (nSPS) is 17.7. The lowest BCUT2D eigenvalue weighted by Gasteiger charge is -2.31. The van der Waals surface area contributed by atoms with Gasteiger partial charge in [-0.2, -0.15) is 0 Å². The molecule has 0 aromatic carbocycles. The Labute approximate surface area is 124 Å². The molecule has 3 rings (SSSR count). The molecule has 0 unspecified atom stereocenters. The largest absolute Gasteiger partial charge is 0.369 e. The van der Waals surface area contributed by atoms with E-state index in [-0.39, 0.29) is 0 Å². The second kappa shape index (κ2) is 6.06. The van der Waals surface area contributed by atoms with E-state index in [4.69, 9.17) is 0 Å². The van der Waals surface area contributed by atoms with Gasteiger partial charge in [-0.05, 0) is 51.4 Å². The smallest absolute Gasteiger partial charge is 0.138 e. The maximum absolute atomic E-state index is 4.41. The van der Waals surface area contributed by atoms with Gasteiger partial charge in [0.1, 0.15) is 17.0 Å². The van der Waals surface area contributed by atoms with Crippen molar-refractivity contribution in [3.63, 3.8) is 0 Å². The third kappa shape index (κ3) is 2.94. The molecule has 0 aliphatic carbocycles. The highest BCUT2D eigenvalue weighted by Gasteiger charge is 2.18. The maximum Gasteiger partial charge on any atom is 0.138 e. The lowest BCUT2D eigenvalue weighted by molar-refractivity contribution is 0.198. The average Bonchev–Trinajstić information content (AvgIpc) is 2.86. The Morgan fingerprint density at radius 1 is 1.35 bits per heavy atom. The number of anilines is 1. The monoisotopic (exact) mass is 290 g/mol. The van der Waals surface area contributed by atoms with Crippen LogP contribution < -0.4 is 5.32 Å². The van der Waals surface area contributed by atoms with Gasteiger partial charge in [0.15, 0.2) is 0 Å². The summed E-state index contributed by atoms with van der Waals surface area (Å²) in [4.78, 5) is 13.7. The Morgan fingerprint density at radius 2 is 2.15 bits per heavy atom. The van der Waals surface area contributed by atoms with Gasteiger partial charge in [-0.25, -0.2) is 9.97 Å². The van der Waals surface area contributed by atoms with E-state index < -0.39 is 0 Å². The molecule has 2 aromatic heterocycles. The molecule has 20 heavy (non-hydrogen) atoms. The number of nitrogens with zero attached hydrogens (tertiary/aromatic N) is 3. The minimum atomic E-state index is 0.766. The molecule has 4 nitrogen and oxygen atoms in total. The van der Waals surface area contributed by atoms with Gasteiger partial charge < -0.3 is 10.2 Å². The highest BCUT2D eigenvalue weighted by Crippen LogP contribution is 2.28. The predicted octanol–water partition coefficient (Wildman–Crippen LogP) is 3.14. The van der Waals surface area contributed by atoms with Crippen molar-refractivity contribution in [3.05, 3.63) is 17.3 Å². The van der Waals surface area contributed by atoms with E-state index in [1.54, 1.807) is 17.7 Å². The number of piperidine rings is 1. The van der Waals surface area contributed by atoms with Gasteiger partial charge in [0.05, 0.1) is 5.39 Å². The highest BCUT2D eigenvalue weighted by atomic mass is 32.1. The first-order valence-corrected chi connectivity index (χ1v) is 8.25. The molecule has 1 aliphatic rings. The van der Waals surface area contributed by atoms with E-state index in [1.165, 1.54) is 42.7 Å². The first kappa shape index (κ1) is 13.8. The minimum Gasteiger partial charge on any atom is -0.369 e. The van der Waals surface area contributed by atoms with Crippen LogP contribution in [-0.4, -0.2) is 41.0 Å². The third-order valence-corrected chi connectivity index (χ3v) is 5.12. The second-order valence-corrected chi connectivity index (χ2v) is 6.79. The second-order valence-electron chi connectivity index (χ2n) is 5.56. The molecule has 1 N–H and O–H groups in total. The van der Waals surface area contributed by atoms with Gasteiger partial charge in [-0.1, -0.05) is 6.92 Å². The SMILES string of the molecule is CCN1CCC(CNc2ncnc3sc(C)cc23)CC1. The van der Waals surface area contributed by atoms with Crippen molar-refractivity contribution in [2.75, 3.05) is 31.5 Å². The van der Waals surface area contributed by atoms with Gasteiger partial charge in [-0.3, -0.25) is 0 Å². The molecule has 5 heteroatoms. The maximum atomic E-state index is 4.41. The van der Waals surface area contributed by atoms with Crippen LogP contribution in [0.1, 0.15) is 24.6 Å². The summed E-state index contributed by atoms with van der Waals surface area (Å²) in [5.41, 5.74) is 0. The zero-order valence-corrected chi connectivity index (χ0v) is 13.0. The molecule has 108 valence electrons. The van der Waals surface area contributed by atoms with Crippen LogP contribution in [0.5, 0.6) is 0 Å². The Bertz CT molecular complexity index is 572. The van der Waals surface area contributed by atoms with Crippen LogP contribution >= 0.6 is 11.3 Å². The van der Waals surface area contributed by atoms with Crippen LogP contribution in [0.3, 0.4) is 0 Å². The molecular weight excluding hydrogens is 268 g/mol. The minimum absolute atomic E-state index is 0.766. The van der Waals surface area contributed by atoms with Crippen LogP contribution in [0.4, 0.5) is 5.82 Å². The number of aromatic nitrogens is 2. The van der Waals surface area contributed by atoms with E-state index in [1.807, 2.05) is 0 Å². The number of hydrogen-bond acceptors (Lipinski definition) is 5. The fourth-order valence-electron chi connectivity index (χ4n) is 2.86. The standard InChI is InChI=1S/C15H22N4S/c1-3-19-6-4-12(5-7-19)9-16-14-13-8-11(2)20-15(13)18-10-17-14/h8,10,12H,3-7,9H2,1-2H3,(H,16,17,18). The van der Waals surface area contributed by atoms with Crippen molar-refractivity contribution in [3.8, 4) is 0 Å². The van der Waals surface area contributed by atoms with Crippen LogP contribution in [0, 0.1) is 12.8 Å². The Hall–Kier alpha value is -1.20. The molecule has 0 spiro atoms. The molecule has 0 saturated carbocycles. The Morgan fingerprint density at radius 3 is 2.90 bits per heavy atom. The van der Waals surface area contributed by atoms with Crippen LogP contribution in [0.25, 0.3) is 10.2 Å². The molecule has 3 heterocycles. The quantitative estimate of drug-likeness (QED) is 0.939. The fraction of sp³-hybridized carbons (Fsp3) is 0.600. The summed E-state index contributed by atoms with van der Waals surface area (Å²) in [6.07, 6.45) is 4.25. The fourth-order valence-corrected chi connectivity index (χ4v) is 3.71. The third-order valence-electron chi connectivity index (χ3n) is 4.17. The molecule has 0 atom stereocenters. The molecule has 0 radical (unpaired) electrons. The number of aryl methyl sites for hydroxylation is 1. The molecule has 0 amide bonds. The number of likely N-dealkylation sites (tertiary alicyclic amines) is 1. The zero-order valence-electron chi connectivity index (χ0n) is 12.2. The van der Waals surface area contributed by atoms with E-state index >= 15 is 0 Å². The molecule has 1 fully saturated rings. The number of nitrogens with one attached hydrogen (secondary N) is 1. The summed E-state index contributed by atoms with van der Waals surface area (Å²) < 4.78 is 0. The van der Waals surface area contributed by atoms with E-state index in [0.717, 1.165) is 23.1 Å². The summed E-state index contributed by atoms with van der Waals surface area (Å²) in [5, 5.41) is 4.71. The lowest BCUT2D eigenvalue weighted by atomic mass is 9.97. The molecule has 1 saturated heterocycles. The van der Waals surface area contributed by atoms with Crippen molar-refractivity contribution >= 4 is 27.4 Å². The topological polar surface area (TPSA) is 41.0 Å². The number of thiophene rings is 1. The summed E-state index contributed by atoms with van der Waals surface area (Å²) in [6, 6.07) is 2.18. The van der Waals surface area contributed by atoms with Crippen molar-refractivity contribution in [2.24, 2.45) is 5.92 Å². The van der Waals surface area contributed by atoms with Gasteiger partial charge in [0.25, 0.3) is 0 Å². The van der Waals surface area contributed by atoms with Crippen molar-refractivity contribution in [2.45, 2.75) is 26.7 Å². The molecule has 1 aliphatic heterocycles. The van der Waals surface area contributed by atoms with Crippen molar-refractivity contribution in [1.29, 1.82) is 0 Å². The highest BCUT2D eigenvalue weighted by molar-refractivity contribution is 7.18. The summed E-state index contributed by atoms with van der Waals surface area (Å²) in [5.74, 6) is 1.76. The zero-order chi connectivity index (χ0) is 13.9. The number of hydrogen-bond donors (Lipinski definition) is 1. The van der Waals surface area contributed by atoms with Gasteiger partial charge >= 0.3 is 0 Å². The molecule has 2 aromatic rings. The first-order chi connectivity index (χ1) is 9.76. The Balaban J connectivity index is 1.63.